The first-order valence-corrected chi connectivity index (χ1v) is 8.30. The molecule has 1 amide bonds. The van der Waals surface area contributed by atoms with Crippen LogP contribution in [0.5, 0.6) is 5.75 Å². The zero-order valence-corrected chi connectivity index (χ0v) is 13.4. The monoisotopic (exact) mass is 309 g/mol. The standard InChI is InChI=1S/C15H23N3O2S/c1-18(2)7-4-8-20-13-6-3-5-12(9-13)17-15(19)14-10-21-11-16-14/h3,5-6,9,14,16H,4,7-8,10-11H2,1-2H3,(H,17,19). The predicted molar refractivity (Wildman–Crippen MR) is 88.0 cm³/mol. The van der Waals surface area contributed by atoms with Crippen LogP contribution in [0.15, 0.2) is 24.3 Å². The van der Waals surface area contributed by atoms with E-state index in [1.807, 2.05) is 38.4 Å². The summed E-state index contributed by atoms with van der Waals surface area (Å²) in [4.78, 5) is 14.2. The minimum atomic E-state index is -0.0975. The smallest absolute Gasteiger partial charge is 0.242 e. The minimum Gasteiger partial charge on any atom is -0.493 e. The van der Waals surface area contributed by atoms with Gasteiger partial charge in [-0.25, -0.2) is 0 Å². The lowest BCUT2D eigenvalue weighted by Crippen LogP contribution is -2.37. The molecule has 0 bridgehead atoms. The van der Waals surface area contributed by atoms with E-state index in [1.54, 1.807) is 11.8 Å². The van der Waals surface area contributed by atoms with Crippen LogP contribution < -0.4 is 15.4 Å². The molecular weight excluding hydrogens is 286 g/mol. The molecule has 0 aliphatic carbocycles. The fraction of sp³-hybridized carbons (Fsp3) is 0.533. The molecule has 21 heavy (non-hydrogen) atoms. The van der Waals surface area contributed by atoms with Gasteiger partial charge in [0.25, 0.3) is 0 Å². The Balaban J connectivity index is 1.81. The average molecular weight is 309 g/mol. The molecular formula is C15H23N3O2S. The van der Waals surface area contributed by atoms with E-state index in [-0.39, 0.29) is 11.9 Å². The Hall–Kier alpha value is -1.24. The van der Waals surface area contributed by atoms with Crippen molar-refractivity contribution in [3.8, 4) is 5.75 Å². The summed E-state index contributed by atoms with van der Waals surface area (Å²) in [5, 5.41) is 6.09. The van der Waals surface area contributed by atoms with Crippen molar-refractivity contribution in [3.63, 3.8) is 0 Å². The molecule has 1 saturated heterocycles. The molecule has 5 nitrogen and oxygen atoms in total. The maximum Gasteiger partial charge on any atom is 0.242 e. The van der Waals surface area contributed by atoms with Gasteiger partial charge < -0.3 is 15.0 Å². The second kappa shape index (κ2) is 8.26. The number of carbonyl (C=O) groups excluding carboxylic acids is 1. The topological polar surface area (TPSA) is 53.6 Å². The summed E-state index contributed by atoms with van der Waals surface area (Å²) in [7, 11) is 4.09. The van der Waals surface area contributed by atoms with Gasteiger partial charge in [0.2, 0.25) is 5.91 Å². The van der Waals surface area contributed by atoms with Crippen LogP contribution in [-0.2, 0) is 4.79 Å². The molecule has 6 heteroatoms. The van der Waals surface area contributed by atoms with Crippen molar-refractivity contribution < 1.29 is 9.53 Å². The molecule has 1 aliphatic rings. The normalized spacial score (nSPS) is 18.0. The predicted octanol–water partition coefficient (Wildman–Crippen LogP) is 1.62. The van der Waals surface area contributed by atoms with Gasteiger partial charge in [0.15, 0.2) is 0 Å². The molecule has 1 aromatic carbocycles. The van der Waals surface area contributed by atoms with Gasteiger partial charge in [0.1, 0.15) is 5.75 Å². The van der Waals surface area contributed by atoms with Gasteiger partial charge in [-0.15, -0.1) is 11.8 Å². The van der Waals surface area contributed by atoms with Crippen LogP contribution in [-0.4, -0.2) is 55.7 Å². The lowest BCUT2D eigenvalue weighted by Gasteiger charge is -2.13. The molecule has 0 saturated carbocycles. The van der Waals surface area contributed by atoms with Gasteiger partial charge in [-0.1, -0.05) is 6.07 Å². The van der Waals surface area contributed by atoms with Gasteiger partial charge in [-0.3, -0.25) is 10.1 Å². The molecule has 1 unspecified atom stereocenters. The minimum absolute atomic E-state index is 0.0183. The maximum absolute atomic E-state index is 12.0. The molecule has 0 aromatic heterocycles. The summed E-state index contributed by atoms with van der Waals surface area (Å²) in [6.07, 6.45) is 0.979. The Morgan fingerprint density at radius 1 is 1.52 bits per heavy atom. The van der Waals surface area contributed by atoms with E-state index in [1.165, 1.54) is 0 Å². The molecule has 2 rings (SSSR count). The number of benzene rings is 1. The second-order valence-corrected chi connectivity index (χ2v) is 6.32. The number of nitrogens with zero attached hydrogens (tertiary/aromatic N) is 1. The zero-order chi connectivity index (χ0) is 15.1. The molecule has 1 aromatic rings. The van der Waals surface area contributed by atoms with E-state index in [4.69, 9.17) is 4.74 Å². The molecule has 2 N–H and O–H groups in total. The van der Waals surface area contributed by atoms with E-state index in [9.17, 15) is 4.79 Å². The number of amides is 1. The summed E-state index contributed by atoms with van der Waals surface area (Å²) in [6.45, 7) is 1.68. The van der Waals surface area contributed by atoms with Gasteiger partial charge in [0, 0.05) is 29.9 Å². The lowest BCUT2D eigenvalue weighted by molar-refractivity contribution is -0.117. The Kier molecular flexibility index (Phi) is 6.35. The number of rotatable bonds is 7. The molecule has 0 radical (unpaired) electrons. The molecule has 1 fully saturated rings. The highest BCUT2D eigenvalue weighted by molar-refractivity contribution is 7.99. The van der Waals surface area contributed by atoms with E-state index in [0.29, 0.717) is 6.61 Å². The number of hydrogen-bond acceptors (Lipinski definition) is 5. The third-order valence-corrected chi connectivity index (χ3v) is 4.09. The summed E-state index contributed by atoms with van der Waals surface area (Å²) in [6, 6.07) is 7.46. The number of anilines is 1. The van der Waals surface area contributed by atoms with Crippen molar-refractivity contribution in [1.82, 2.24) is 10.2 Å². The fourth-order valence-electron chi connectivity index (χ4n) is 2.03. The summed E-state index contributed by atoms with van der Waals surface area (Å²) >= 11 is 1.74. The highest BCUT2D eigenvalue weighted by atomic mass is 32.2. The van der Waals surface area contributed by atoms with Crippen molar-refractivity contribution in [2.24, 2.45) is 0 Å². The van der Waals surface area contributed by atoms with Crippen LogP contribution >= 0.6 is 11.8 Å². The van der Waals surface area contributed by atoms with Crippen molar-refractivity contribution in [2.45, 2.75) is 12.5 Å². The van der Waals surface area contributed by atoms with E-state index < -0.39 is 0 Å². The van der Waals surface area contributed by atoms with Gasteiger partial charge in [0.05, 0.1) is 12.6 Å². The van der Waals surface area contributed by atoms with Gasteiger partial charge >= 0.3 is 0 Å². The number of hydrogen-bond donors (Lipinski definition) is 2. The number of carbonyl (C=O) groups is 1. The highest BCUT2D eigenvalue weighted by Gasteiger charge is 2.22. The summed E-state index contributed by atoms with van der Waals surface area (Å²) < 4.78 is 5.71. The van der Waals surface area contributed by atoms with Crippen LogP contribution in [0.2, 0.25) is 0 Å². The molecule has 0 spiro atoms. The van der Waals surface area contributed by atoms with Crippen LogP contribution in [0.1, 0.15) is 6.42 Å². The molecule has 1 heterocycles. The highest BCUT2D eigenvalue weighted by Crippen LogP contribution is 2.19. The Bertz CT molecular complexity index is 462. The number of nitrogens with one attached hydrogen (secondary N) is 2. The molecule has 1 aliphatic heterocycles. The Morgan fingerprint density at radius 2 is 2.38 bits per heavy atom. The third-order valence-electron chi connectivity index (χ3n) is 3.15. The number of thioether (sulfide) groups is 1. The van der Waals surface area contributed by atoms with E-state index in [0.717, 1.165) is 36.0 Å². The van der Waals surface area contributed by atoms with Gasteiger partial charge in [-0.05, 0) is 32.6 Å². The average Bonchev–Trinajstić information content (AvgIpc) is 2.98. The SMILES string of the molecule is CN(C)CCCOc1cccc(NC(=O)C2CSCN2)c1. The maximum atomic E-state index is 12.0. The zero-order valence-electron chi connectivity index (χ0n) is 12.6. The Morgan fingerprint density at radius 3 is 3.10 bits per heavy atom. The van der Waals surface area contributed by atoms with Crippen LogP contribution in [0.4, 0.5) is 5.69 Å². The third kappa shape index (κ3) is 5.57. The molecule has 1 atom stereocenters. The van der Waals surface area contributed by atoms with Crippen molar-refractivity contribution in [3.05, 3.63) is 24.3 Å². The van der Waals surface area contributed by atoms with E-state index in [2.05, 4.69) is 15.5 Å². The lowest BCUT2D eigenvalue weighted by atomic mass is 10.2. The van der Waals surface area contributed by atoms with Crippen LogP contribution in [0.25, 0.3) is 0 Å². The first-order chi connectivity index (χ1) is 10.1. The second-order valence-electron chi connectivity index (χ2n) is 5.29. The van der Waals surface area contributed by atoms with Crippen molar-refractivity contribution >= 4 is 23.4 Å². The summed E-state index contributed by atoms with van der Waals surface area (Å²) in [5.74, 6) is 2.48. The quantitative estimate of drug-likeness (QED) is 0.750. The summed E-state index contributed by atoms with van der Waals surface area (Å²) in [5.41, 5.74) is 0.781. The van der Waals surface area contributed by atoms with Crippen molar-refractivity contribution in [2.75, 3.05) is 44.2 Å². The van der Waals surface area contributed by atoms with Crippen LogP contribution in [0, 0.1) is 0 Å². The van der Waals surface area contributed by atoms with Crippen LogP contribution in [0.3, 0.4) is 0 Å². The fourth-order valence-corrected chi connectivity index (χ4v) is 2.97. The first-order valence-electron chi connectivity index (χ1n) is 7.15. The Labute approximate surface area is 130 Å². The molecule has 116 valence electrons. The first kappa shape index (κ1) is 16.1. The largest absolute Gasteiger partial charge is 0.493 e. The number of ether oxygens (including phenoxy) is 1. The van der Waals surface area contributed by atoms with E-state index >= 15 is 0 Å². The van der Waals surface area contributed by atoms with Gasteiger partial charge in [-0.2, -0.15) is 0 Å². The van der Waals surface area contributed by atoms with Crippen molar-refractivity contribution in [1.29, 1.82) is 0 Å².